The summed E-state index contributed by atoms with van der Waals surface area (Å²) in [5.41, 5.74) is 0.870. The molecule has 0 heterocycles. The summed E-state index contributed by atoms with van der Waals surface area (Å²) < 4.78 is 0. The Hall–Kier alpha value is -0.303. The maximum atomic E-state index is 2.36. The molecule has 10 heavy (non-hydrogen) atoms. The Morgan fingerprint density at radius 1 is 1.10 bits per heavy atom. The average molecular weight is 152 g/mol. The molecule has 0 radical (unpaired) electrons. The summed E-state index contributed by atoms with van der Waals surface area (Å²) in [6, 6.07) is 2.88. The van der Waals surface area contributed by atoms with E-state index in [2.05, 4.69) is 38.2 Å². The molecular weight excluding hydrogens is 136 g/mol. The van der Waals surface area contributed by atoms with Crippen molar-refractivity contribution in [3.63, 3.8) is 0 Å². The first-order valence-electron chi connectivity index (χ1n) is 4.23. The molecule has 0 N–H and O–H groups in total. The van der Waals surface area contributed by atoms with E-state index in [1.54, 1.807) is 0 Å². The number of rotatable bonds is 3. The van der Waals surface area contributed by atoms with E-state index in [-0.39, 0.29) is 0 Å². The van der Waals surface area contributed by atoms with E-state index in [1.165, 1.54) is 12.1 Å². The highest BCUT2D eigenvalue weighted by Crippen LogP contribution is 2.23. The molecule has 0 saturated carbocycles. The summed E-state index contributed by atoms with van der Waals surface area (Å²) in [7, 11) is -0.418. The smallest absolute Gasteiger partial charge is 0.0483 e. The Morgan fingerprint density at radius 2 is 1.60 bits per heavy atom. The molecule has 1 aliphatic carbocycles. The van der Waals surface area contributed by atoms with E-state index in [4.69, 9.17) is 0 Å². The normalized spacial score (nSPS) is 17.5. The highest BCUT2D eigenvalue weighted by atomic mass is 28.3. The predicted molar refractivity (Wildman–Crippen MR) is 50.1 cm³/mol. The number of hydrogen-bond donors (Lipinski definition) is 0. The molecule has 0 unspecified atom stereocenters. The molecule has 0 spiro atoms. The lowest BCUT2D eigenvalue weighted by molar-refractivity contribution is 1.20. The Morgan fingerprint density at radius 3 is 2.00 bits per heavy atom. The molecule has 0 bridgehead atoms. The van der Waals surface area contributed by atoms with Crippen LogP contribution in [-0.4, -0.2) is 8.80 Å². The molecule has 0 amide bonds. The highest BCUT2D eigenvalue weighted by molar-refractivity contribution is 6.61. The first kappa shape index (κ1) is 7.80. The van der Waals surface area contributed by atoms with Gasteiger partial charge in [0.05, 0.1) is 0 Å². The zero-order valence-corrected chi connectivity index (χ0v) is 8.03. The van der Waals surface area contributed by atoms with Gasteiger partial charge in [0.2, 0.25) is 0 Å². The Kier molecular flexibility index (Phi) is 2.94. The largest absolute Gasteiger partial charge is 0.0807 e. The van der Waals surface area contributed by atoms with Crippen molar-refractivity contribution in [3.05, 3.63) is 24.3 Å². The van der Waals surface area contributed by atoms with Crippen molar-refractivity contribution in [3.8, 4) is 0 Å². The van der Waals surface area contributed by atoms with Gasteiger partial charge in [-0.15, -0.1) is 0 Å². The van der Waals surface area contributed by atoms with Crippen LogP contribution in [0.5, 0.6) is 0 Å². The molecule has 56 valence electrons. The van der Waals surface area contributed by atoms with Crippen LogP contribution in [0.2, 0.25) is 17.6 Å². The third kappa shape index (κ3) is 1.60. The summed E-state index contributed by atoms with van der Waals surface area (Å²) in [6.07, 6.45) is 9.11. The molecule has 0 aromatic rings. The lowest BCUT2D eigenvalue weighted by Crippen LogP contribution is -2.13. The van der Waals surface area contributed by atoms with Crippen molar-refractivity contribution in [1.82, 2.24) is 0 Å². The summed E-state index contributed by atoms with van der Waals surface area (Å²) in [5, 5.41) is 0. The fraction of sp³-hybridized carbons (Fsp3) is 0.556. The van der Waals surface area contributed by atoms with Crippen LogP contribution < -0.4 is 0 Å². The molecule has 0 aromatic heterocycles. The first-order valence-corrected chi connectivity index (χ1v) is 6.53. The molecule has 0 aliphatic heterocycles. The van der Waals surface area contributed by atoms with Crippen LogP contribution in [0, 0.1) is 0 Å². The minimum Gasteiger partial charge on any atom is -0.0807 e. The Balaban J connectivity index is 2.45. The van der Waals surface area contributed by atoms with Crippen LogP contribution in [0.1, 0.15) is 13.8 Å². The standard InChI is InChI=1S/C9H16Si/c1-3-10(4-2)9-7-5-6-8-9/h5-10H,3-4H2,1-2H3. The van der Waals surface area contributed by atoms with E-state index in [1.807, 2.05) is 0 Å². The van der Waals surface area contributed by atoms with Gasteiger partial charge in [-0.05, 0) is 5.54 Å². The molecule has 0 aromatic carbocycles. The van der Waals surface area contributed by atoms with Crippen molar-refractivity contribution < 1.29 is 0 Å². The van der Waals surface area contributed by atoms with Gasteiger partial charge in [-0.1, -0.05) is 50.2 Å². The van der Waals surface area contributed by atoms with Crippen molar-refractivity contribution in [2.75, 3.05) is 0 Å². The monoisotopic (exact) mass is 152 g/mol. The van der Waals surface area contributed by atoms with E-state index in [9.17, 15) is 0 Å². The van der Waals surface area contributed by atoms with Gasteiger partial charge in [0.25, 0.3) is 0 Å². The molecule has 1 aliphatic rings. The first-order chi connectivity index (χ1) is 4.88. The molecule has 1 heteroatoms. The molecule has 1 rings (SSSR count). The topological polar surface area (TPSA) is 0 Å². The lowest BCUT2D eigenvalue weighted by Gasteiger charge is -2.14. The van der Waals surface area contributed by atoms with Crippen LogP contribution in [0.25, 0.3) is 0 Å². The van der Waals surface area contributed by atoms with Gasteiger partial charge in [-0.3, -0.25) is 0 Å². The van der Waals surface area contributed by atoms with Gasteiger partial charge >= 0.3 is 0 Å². The molecule has 0 saturated heterocycles. The summed E-state index contributed by atoms with van der Waals surface area (Å²) in [5.74, 6) is 0. The van der Waals surface area contributed by atoms with Gasteiger partial charge in [-0.2, -0.15) is 0 Å². The van der Waals surface area contributed by atoms with Gasteiger partial charge in [0.1, 0.15) is 0 Å². The average Bonchev–Trinajstić information content (AvgIpc) is 2.43. The fourth-order valence-corrected chi connectivity index (χ4v) is 4.15. The number of allylic oxidation sites excluding steroid dienone is 4. The van der Waals surface area contributed by atoms with Crippen molar-refractivity contribution in [2.45, 2.75) is 31.5 Å². The second kappa shape index (κ2) is 3.77. The third-order valence-corrected chi connectivity index (χ3v) is 6.00. The van der Waals surface area contributed by atoms with E-state index < -0.39 is 8.80 Å². The second-order valence-corrected chi connectivity index (χ2v) is 6.85. The lowest BCUT2D eigenvalue weighted by atomic mass is 10.5. The van der Waals surface area contributed by atoms with Gasteiger partial charge in [0, 0.05) is 8.80 Å². The van der Waals surface area contributed by atoms with Crippen molar-refractivity contribution >= 4 is 8.80 Å². The van der Waals surface area contributed by atoms with Crippen molar-refractivity contribution in [2.24, 2.45) is 0 Å². The zero-order chi connectivity index (χ0) is 7.40. The van der Waals surface area contributed by atoms with Crippen LogP contribution in [0.4, 0.5) is 0 Å². The van der Waals surface area contributed by atoms with E-state index in [0.29, 0.717) is 0 Å². The van der Waals surface area contributed by atoms with Gasteiger partial charge in [-0.25, -0.2) is 0 Å². The molecule has 0 nitrogen and oxygen atoms in total. The summed E-state index contributed by atoms with van der Waals surface area (Å²) in [6.45, 7) is 4.67. The van der Waals surface area contributed by atoms with Gasteiger partial charge in [0.15, 0.2) is 0 Å². The maximum Gasteiger partial charge on any atom is 0.0483 e. The van der Waals surface area contributed by atoms with Crippen molar-refractivity contribution in [1.29, 1.82) is 0 Å². The highest BCUT2D eigenvalue weighted by Gasteiger charge is 2.15. The summed E-state index contributed by atoms with van der Waals surface area (Å²) >= 11 is 0. The van der Waals surface area contributed by atoms with E-state index in [0.717, 1.165) is 5.54 Å². The molecular formula is C9H16Si. The fourth-order valence-electron chi connectivity index (χ4n) is 1.60. The van der Waals surface area contributed by atoms with Crippen LogP contribution >= 0.6 is 0 Å². The van der Waals surface area contributed by atoms with Crippen LogP contribution in [0.3, 0.4) is 0 Å². The maximum absolute atomic E-state index is 2.36. The second-order valence-electron chi connectivity index (χ2n) is 2.92. The predicted octanol–water partition coefficient (Wildman–Crippen LogP) is 2.75. The molecule has 0 fully saturated rings. The number of hydrogen-bond acceptors (Lipinski definition) is 0. The molecule has 0 atom stereocenters. The Bertz CT molecular complexity index is 131. The minimum atomic E-state index is -0.418. The SMILES string of the molecule is CC[SiH](CC)C1C=CC=C1. The Labute approximate surface area is 65.3 Å². The zero-order valence-electron chi connectivity index (χ0n) is 6.88. The van der Waals surface area contributed by atoms with E-state index >= 15 is 0 Å². The van der Waals surface area contributed by atoms with Gasteiger partial charge < -0.3 is 0 Å². The minimum absolute atomic E-state index is 0.418. The quantitative estimate of drug-likeness (QED) is 0.545. The summed E-state index contributed by atoms with van der Waals surface area (Å²) in [4.78, 5) is 0. The van der Waals surface area contributed by atoms with Crippen LogP contribution in [-0.2, 0) is 0 Å². The van der Waals surface area contributed by atoms with Crippen LogP contribution in [0.15, 0.2) is 24.3 Å². The third-order valence-electron chi connectivity index (χ3n) is 2.37.